The Morgan fingerprint density at radius 3 is 2.17 bits per heavy atom. The highest BCUT2D eigenvalue weighted by Gasteiger charge is 2.34. The molecule has 0 spiro atoms. The number of fused-ring (bicyclic) bond motifs is 1. The molecule has 130 valence electrons. The summed E-state index contributed by atoms with van der Waals surface area (Å²) in [7, 11) is 3.70. The van der Waals surface area contributed by atoms with Crippen LogP contribution in [0.15, 0.2) is 23.0 Å². The molecule has 0 saturated heterocycles. The maximum absolute atomic E-state index is 13.3. The molecule has 9 heteroatoms. The molecule has 0 unspecified atom stereocenters. The Kier molecular flexibility index (Phi) is 4.72. The molecule has 1 aromatic heterocycles. The molecule has 0 amide bonds. The first-order valence-electron chi connectivity index (χ1n) is 6.66. The summed E-state index contributed by atoms with van der Waals surface area (Å²) in [5.41, 5.74) is -2.21. The maximum atomic E-state index is 13.3. The number of methoxy groups -OCH3 is 3. The minimum absolute atomic E-state index is 0.0683. The molecule has 0 aliphatic heterocycles. The Hall–Kier alpha value is -2.71. The molecular weight excluding hydrogens is 331 g/mol. The lowest BCUT2D eigenvalue weighted by Crippen LogP contribution is -2.27. The minimum atomic E-state index is -4.75. The van der Waals surface area contributed by atoms with Gasteiger partial charge in [0.05, 0.1) is 32.4 Å². The van der Waals surface area contributed by atoms with Gasteiger partial charge in [0.15, 0.2) is 11.5 Å². The van der Waals surface area contributed by atoms with Gasteiger partial charge in [0.2, 0.25) is 0 Å². The fourth-order valence-corrected chi connectivity index (χ4v) is 2.30. The van der Waals surface area contributed by atoms with E-state index in [1.165, 1.54) is 20.3 Å². The normalized spacial score (nSPS) is 11.4. The van der Waals surface area contributed by atoms with Crippen molar-refractivity contribution >= 4 is 16.9 Å². The Labute approximate surface area is 134 Å². The number of carbonyl (C=O) groups is 1. The van der Waals surface area contributed by atoms with Gasteiger partial charge in [-0.05, 0) is 6.07 Å². The van der Waals surface area contributed by atoms with Crippen LogP contribution in [0, 0.1) is 0 Å². The van der Waals surface area contributed by atoms with Crippen LogP contribution in [-0.2, 0) is 22.3 Å². The van der Waals surface area contributed by atoms with Gasteiger partial charge < -0.3 is 14.2 Å². The monoisotopic (exact) mass is 345 g/mol. The number of halogens is 3. The van der Waals surface area contributed by atoms with Gasteiger partial charge in [-0.25, -0.2) is 0 Å². The lowest BCUT2D eigenvalue weighted by molar-refractivity contribution is -0.141. The van der Waals surface area contributed by atoms with E-state index in [4.69, 9.17) is 9.47 Å². The van der Waals surface area contributed by atoms with Crippen LogP contribution in [0.1, 0.15) is 5.56 Å². The van der Waals surface area contributed by atoms with Crippen molar-refractivity contribution in [1.29, 1.82) is 0 Å². The van der Waals surface area contributed by atoms with Crippen LogP contribution in [0.3, 0.4) is 0 Å². The standard InChI is InChI=1S/C15H14F3NO5/c1-22-11-4-8-9(15(16,17)18)5-13(20)19(7-14(21)24-3)10(8)6-12(11)23-2/h4-6H,7H2,1-3H3. The van der Waals surface area contributed by atoms with Crippen LogP contribution < -0.4 is 15.0 Å². The second-order valence-corrected chi connectivity index (χ2v) is 4.78. The highest BCUT2D eigenvalue weighted by atomic mass is 19.4. The van der Waals surface area contributed by atoms with Gasteiger partial charge in [0.25, 0.3) is 5.56 Å². The Balaban J connectivity index is 2.91. The van der Waals surface area contributed by atoms with Crippen molar-refractivity contribution in [3.05, 3.63) is 34.1 Å². The molecule has 0 radical (unpaired) electrons. The maximum Gasteiger partial charge on any atom is 0.417 e. The summed E-state index contributed by atoms with van der Waals surface area (Å²) in [5.74, 6) is -0.575. The van der Waals surface area contributed by atoms with Gasteiger partial charge in [-0.2, -0.15) is 13.2 Å². The summed E-state index contributed by atoms with van der Waals surface area (Å²) < 4.78 is 55.2. The Morgan fingerprint density at radius 2 is 1.67 bits per heavy atom. The number of carbonyl (C=O) groups excluding carboxylic acids is 1. The zero-order valence-corrected chi connectivity index (χ0v) is 13.1. The van der Waals surface area contributed by atoms with E-state index in [1.807, 2.05) is 0 Å². The first kappa shape index (κ1) is 17.6. The lowest BCUT2D eigenvalue weighted by Gasteiger charge is -2.17. The van der Waals surface area contributed by atoms with Crippen molar-refractivity contribution in [2.24, 2.45) is 0 Å². The predicted octanol–water partition coefficient (Wildman–Crippen LogP) is 2.21. The molecule has 6 nitrogen and oxygen atoms in total. The molecule has 0 N–H and O–H groups in total. The largest absolute Gasteiger partial charge is 0.493 e. The first-order chi connectivity index (χ1) is 11.2. The van der Waals surface area contributed by atoms with E-state index in [1.54, 1.807) is 0 Å². The lowest BCUT2D eigenvalue weighted by atomic mass is 10.1. The quantitative estimate of drug-likeness (QED) is 0.795. The van der Waals surface area contributed by atoms with Crippen LogP contribution in [0.4, 0.5) is 13.2 Å². The third-order valence-electron chi connectivity index (χ3n) is 3.44. The Bertz CT molecular complexity index is 842. The van der Waals surface area contributed by atoms with Crippen molar-refractivity contribution in [1.82, 2.24) is 4.57 Å². The van der Waals surface area contributed by atoms with Crippen LogP contribution in [0.5, 0.6) is 11.5 Å². The van der Waals surface area contributed by atoms with Gasteiger partial charge in [0.1, 0.15) is 6.54 Å². The number of rotatable bonds is 4. The molecule has 2 aromatic rings. The molecule has 1 heterocycles. The molecule has 0 fully saturated rings. The van der Waals surface area contributed by atoms with E-state index < -0.39 is 29.8 Å². The molecule has 0 bridgehead atoms. The summed E-state index contributed by atoms with van der Waals surface area (Å²) in [5, 5.41) is -0.288. The van der Waals surface area contributed by atoms with Crippen molar-refractivity contribution in [2.75, 3.05) is 21.3 Å². The van der Waals surface area contributed by atoms with E-state index in [2.05, 4.69) is 4.74 Å². The van der Waals surface area contributed by atoms with E-state index in [0.29, 0.717) is 6.07 Å². The van der Waals surface area contributed by atoms with E-state index >= 15 is 0 Å². The smallest absolute Gasteiger partial charge is 0.417 e. The number of aromatic nitrogens is 1. The molecular formula is C15H14F3NO5. The van der Waals surface area contributed by atoms with Gasteiger partial charge in [-0.15, -0.1) is 0 Å². The van der Waals surface area contributed by atoms with Crippen molar-refractivity contribution in [3.8, 4) is 11.5 Å². The zero-order chi connectivity index (χ0) is 18.1. The summed E-state index contributed by atoms with van der Waals surface area (Å²) in [6.07, 6.45) is -4.75. The topological polar surface area (TPSA) is 66.8 Å². The molecule has 1 aromatic carbocycles. The summed E-state index contributed by atoms with van der Waals surface area (Å²) in [6.45, 7) is -0.528. The highest BCUT2D eigenvalue weighted by Crippen LogP contribution is 2.38. The highest BCUT2D eigenvalue weighted by molar-refractivity contribution is 5.87. The number of hydrogen-bond donors (Lipinski definition) is 0. The summed E-state index contributed by atoms with van der Waals surface area (Å²) in [6, 6.07) is 2.77. The second-order valence-electron chi connectivity index (χ2n) is 4.78. The third-order valence-corrected chi connectivity index (χ3v) is 3.44. The number of ether oxygens (including phenoxy) is 3. The fraction of sp³-hybridized carbons (Fsp3) is 0.333. The zero-order valence-electron chi connectivity index (χ0n) is 13.1. The van der Waals surface area contributed by atoms with Gasteiger partial charge in [0, 0.05) is 17.5 Å². The van der Waals surface area contributed by atoms with E-state index in [9.17, 15) is 22.8 Å². The number of esters is 1. The SMILES string of the molecule is COC(=O)Cn1c(=O)cc(C(F)(F)F)c2cc(OC)c(OC)cc21. The molecule has 0 aliphatic carbocycles. The van der Waals surface area contributed by atoms with E-state index in [-0.39, 0.29) is 22.4 Å². The number of nitrogens with zero attached hydrogens (tertiary/aromatic N) is 1. The van der Waals surface area contributed by atoms with Crippen LogP contribution >= 0.6 is 0 Å². The first-order valence-corrected chi connectivity index (χ1v) is 6.66. The molecule has 2 rings (SSSR count). The van der Waals surface area contributed by atoms with Crippen LogP contribution in [-0.4, -0.2) is 31.9 Å². The Morgan fingerprint density at radius 1 is 1.08 bits per heavy atom. The molecule has 0 saturated carbocycles. The van der Waals surface area contributed by atoms with E-state index in [0.717, 1.165) is 17.7 Å². The second kappa shape index (κ2) is 6.42. The molecule has 0 aliphatic rings. The molecule has 24 heavy (non-hydrogen) atoms. The van der Waals surface area contributed by atoms with Crippen molar-refractivity contribution < 1.29 is 32.2 Å². The van der Waals surface area contributed by atoms with Gasteiger partial charge in [-0.1, -0.05) is 0 Å². The van der Waals surface area contributed by atoms with Crippen LogP contribution in [0.25, 0.3) is 10.9 Å². The number of pyridine rings is 1. The summed E-state index contributed by atoms with van der Waals surface area (Å²) >= 11 is 0. The fourth-order valence-electron chi connectivity index (χ4n) is 2.30. The third kappa shape index (κ3) is 3.15. The number of alkyl halides is 3. The molecule has 0 atom stereocenters. The minimum Gasteiger partial charge on any atom is -0.493 e. The average Bonchev–Trinajstić information content (AvgIpc) is 2.54. The predicted molar refractivity (Wildman–Crippen MR) is 78.3 cm³/mol. The van der Waals surface area contributed by atoms with Crippen LogP contribution in [0.2, 0.25) is 0 Å². The van der Waals surface area contributed by atoms with Gasteiger partial charge >= 0.3 is 12.1 Å². The number of hydrogen-bond acceptors (Lipinski definition) is 5. The summed E-state index contributed by atoms with van der Waals surface area (Å²) in [4.78, 5) is 23.6. The average molecular weight is 345 g/mol. The van der Waals surface area contributed by atoms with Gasteiger partial charge in [-0.3, -0.25) is 14.2 Å². The number of benzene rings is 1. The van der Waals surface area contributed by atoms with Crippen molar-refractivity contribution in [2.45, 2.75) is 12.7 Å². The van der Waals surface area contributed by atoms with Crippen molar-refractivity contribution in [3.63, 3.8) is 0 Å².